The largest absolute Gasteiger partial charge is 0.508 e. The van der Waals surface area contributed by atoms with Gasteiger partial charge in [-0.2, -0.15) is 0 Å². The van der Waals surface area contributed by atoms with Crippen molar-refractivity contribution >= 4 is 41.9 Å². The van der Waals surface area contributed by atoms with Crippen LogP contribution in [0.3, 0.4) is 0 Å². The molecule has 16 heteroatoms. The first-order chi connectivity index (χ1) is 24.2. The second-order valence-electron chi connectivity index (χ2n) is 13.1. The molecule has 0 heterocycles. The maximum atomic E-state index is 12.3. The lowest BCUT2D eigenvalue weighted by Crippen LogP contribution is -2.45. The molecule has 51 heavy (non-hydrogen) atoms. The number of ether oxygens (including phenoxy) is 5. The summed E-state index contributed by atoms with van der Waals surface area (Å²) in [5, 5.41) is 9.25. The van der Waals surface area contributed by atoms with Gasteiger partial charge >= 0.3 is 24.2 Å². The number of alkyl carbamates (subject to hydrolysis) is 1. The molecule has 0 fully saturated rings. The number of hydrogen-bond donors (Lipinski definition) is 4. The van der Waals surface area contributed by atoms with E-state index in [1.165, 1.54) is 64.7 Å². The molecule has 0 aliphatic heterocycles. The van der Waals surface area contributed by atoms with Crippen molar-refractivity contribution in [1.82, 2.24) is 21.3 Å². The highest BCUT2D eigenvalue weighted by Crippen LogP contribution is 2.13. The zero-order valence-electron chi connectivity index (χ0n) is 31.3. The maximum absolute atomic E-state index is 12.3. The Hall–Kier alpha value is -4.11. The van der Waals surface area contributed by atoms with E-state index in [0.29, 0.717) is 6.42 Å². The van der Waals surface area contributed by atoms with Gasteiger partial charge in [-0.1, -0.05) is 84.0 Å². The predicted octanol–water partition coefficient (Wildman–Crippen LogP) is 3.97. The van der Waals surface area contributed by atoms with Gasteiger partial charge in [0.15, 0.2) is 6.10 Å². The summed E-state index contributed by atoms with van der Waals surface area (Å²) in [4.78, 5) is 82.7. The summed E-state index contributed by atoms with van der Waals surface area (Å²) >= 11 is 0. The van der Waals surface area contributed by atoms with Crippen molar-refractivity contribution in [2.75, 3.05) is 46.0 Å². The molecule has 0 saturated carbocycles. The quantitative estimate of drug-likeness (QED) is 0.0512. The predicted molar refractivity (Wildman–Crippen MR) is 187 cm³/mol. The SMILES string of the molecule is CCCCCCCCCCCCCCCC(=O)OC(COC(C)=O)COC(=O)OCCNC(=O)CNC(=O)CNC(=O)CNC(=O)OC(C)(C)C. The lowest BCUT2D eigenvalue weighted by atomic mass is 10.0. The van der Waals surface area contributed by atoms with Gasteiger partial charge in [-0.15, -0.1) is 0 Å². The highest BCUT2D eigenvalue weighted by molar-refractivity contribution is 5.89. The first kappa shape index (κ1) is 46.9. The molecule has 0 aromatic heterocycles. The number of carbonyl (C=O) groups is 7. The van der Waals surface area contributed by atoms with Crippen LogP contribution in [-0.2, 0) is 47.7 Å². The van der Waals surface area contributed by atoms with Gasteiger partial charge in [0.2, 0.25) is 17.7 Å². The zero-order valence-corrected chi connectivity index (χ0v) is 31.3. The first-order valence-corrected chi connectivity index (χ1v) is 18.1. The van der Waals surface area contributed by atoms with Gasteiger partial charge < -0.3 is 45.0 Å². The standard InChI is InChI=1S/C35H62N4O12/c1-6-7-8-9-10-11-12-13-14-15-16-17-18-19-32(44)50-28(25-48-27(2)40)26-49-34(46)47-21-20-36-29(41)22-37-30(42)23-38-31(43)24-39-33(45)51-35(3,4)5/h28H,6-26H2,1-5H3,(H,36,41)(H,37,42)(H,38,43)(H,39,45). The van der Waals surface area contributed by atoms with Crippen LogP contribution in [0, 0.1) is 0 Å². The Labute approximate surface area is 302 Å². The van der Waals surface area contributed by atoms with Crippen LogP contribution in [0.15, 0.2) is 0 Å². The van der Waals surface area contributed by atoms with E-state index >= 15 is 0 Å². The van der Waals surface area contributed by atoms with E-state index in [2.05, 4.69) is 28.2 Å². The number of esters is 2. The average Bonchev–Trinajstić information content (AvgIpc) is 3.06. The molecular weight excluding hydrogens is 668 g/mol. The highest BCUT2D eigenvalue weighted by Gasteiger charge is 2.20. The van der Waals surface area contributed by atoms with Gasteiger partial charge in [0, 0.05) is 13.3 Å². The number of hydrogen-bond acceptors (Lipinski definition) is 12. The Morgan fingerprint density at radius 3 is 1.57 bits per heavy atom. The molecule has 0 radical (unpaired) electrons. The molecule has 0 aromatic rings. The average molecular weight is 731 g/mol. The molecule has 1 unspecified atom stereocenters. The van der Waals surface area contributed by atoms with Gasteiger partial charge in [-0.05, 0) is 27.2 Å². The van der Waals surface area contributed by atoms with Crippen molar-refractivity contribution in [1.29, 1.82) is 0 Å². The Kier molecular flexibility index (Phi) is 27.2. The van der Waals surface area contributed by atoms with Gasteiger partial charge in [0.05, 0.1) is 19.6 Å². The van der Waals surface area contributed by atoms with E-state index in [4.69, 9.17) is 23.7 Å². The molecule has 1 atom stereocenters. The minimum absolute atomic E-state index is 0.0954. The van der Waals surface area contributed by atoms with Crippen LogP contribution in [0.5, 0.6) is 0 Å². The highest BCUT2D eigenvalue weighted by atomic mass is 16.7. The Balaban J connectivity index is 4.10. The molecule has 0 bridgehead atoms. The van der Waals surface area contributed by atoms with Crippen molar-refractivity contribution in [3.05, 3.63) is 0 Å². The fourth-order valence-corrected chi connectivity index (χ4v) is 4.40. The fourth-order valence-electron chi connectivity index (χ4n) is 4.40. The van der Waals surface area contributed by atoms with Gasteiger partial charge in [-0.3, -0.25) is 24.0 Å². The van der Waals surface area contributed by atoms with Crippen LogP contribution in [0.2, 0.25) is 0 Å². The molecule has 0 aliphatic carbocycles. The molecule has 16 nitrogen and oxygen atoms in total. The summed E-state index contributed by atoms with van der Waals surface area (Å²) < 4.78 is 25.1. The van der Waals surface area contributed by atoms with Crippen LogP contribution >= 0.6 is 0 Å². The summed E-state index contributed by atoms with van der Waals surface area (Å²) in [7, 11) is 0. The Bertz CT molecular complexity index is 1050. The summed E-state index contributed by atoms with van der Waals surface area (Å²) in [5.74, 6) is -2.94. The van der Waals surface area contributed by atoms with Gasteiger partial charge in [-0.25, -0.2) is 9.59 Å². The molecule has 0 spiro atoms. The van der Waals surface area contributed by atoms with Crippen LogP contribution in [0.1, 0.15) is 125 Å². The molecule has 0 aromatic carbocycles. The zero-order chi connectivity index (χ0) is 38.3. The minimum atomic E-state index is -1.09. The topological polar surface area (TPSA) is 214 Å². The smallest absolute Gasteiger partial charge is 0.462 e. The second kappa shape index (κ2) is 29.6. The second-order valence-corrected chi connectivity index (χ2v) is 13.1. The van der Waals surface area contributed by atoms with Crippen LogP contribution in [0.4, 0.5) is 9.59 Å². The lowest BCUT2D eigenvalue weighted by molar-refractivity contribution is -0.161. The van der Waals surface area contributed by atoms with Gasteiger partial charge in [0.25, 0.3) is 0 Å². The summed E-state index contributed by atoms with van der Waals surface area (Å²) in [6, 6.07) is 0. The van der Waals surface area contributed by atoms with Crippen molar-refractivity contribution in [3.63, 3.8) is 0 Å². The van der Waals surface area contributed by atoms with E-state index in [9.17, 15) is 33.6 Å². The molecule has 0 aliphatic rings. The molecule has 0 rings (SSSR count). The van der Waals surface area contributed by atoms with Crippen molar-refractivity contribution in [2.45, 2.75) is 136 Å². The summed E-state index contributed by atoms with van der Waals surface area (Å²) in [6.07, 6.45) is 12.7. The fraction of sp³-hybridized carbons (Fsp3) is 0.800. The molecular formula is C35H62N4O12. The van der Waals surface area contributed by atoms with Crippen LogP contribution in [0.25, 0.3) is 0 Å². The summed E-state index contributed by atoms with van der Waals surface area (Å²) in [5.41, 5.74) is -0.726. The molecule has 0 saturated heterocycles. The third kappa shape index (κ3) is 32.8. The van der Waals surface area contributed by atoms with E-state index in [-0.39, 0.29) is 26.2 Å². The van der Waals surface area contributed by atoms with Crippen LogP contribution < -0.4 is 21.3 Å². The Morgan fingerprint density at radius 1 is 0.588 bits per heavy atom. The summed E-state index contributed by atoms with van der Waals surface area (Å²) in [6.45, 7) is 6.16. The number of unbranched alkanes of at least 4 members (excludes halogenated alkanes) is 12. The number of amides is 4. The van der Waals surface area contributed by atoms with E-state index in [1.54, 1.807) is 20.8 Å². The van der Waals surface area contributed by atoms with Crippen LogP contribution in [-0.4, -0.2) is 99.6 Å². The number of carbonyl (C=O) groups excluding carboxylic acids is 7. The minimum Gasteiger partial charge on any atom is -0.462 e. The third-order valence-corrected chi connectivity index (χ3v) is 6.97. The van der Waals surface area contributed by atoms with E-state index in [1.807, 2.05) is 0 Å². The monoisotopic (exact) mass is 730 g/mol. The first-order valence-electron chi connectivity index (χ1n) is 18.1. The van der Waals surface area contributed by atoms with Gasteiger partial charge in [0.1, 0.15) is 32.0 Å². The normalized spacial score (nSPS) is 11.4. The third-order valence-electron chi connectivity index (χ3n) is 6.97. The van der Waals surface area contributed by atoms with Crippen molar-refractivity contribution < 1.29 is 57.2 Å². The molecule has 4 amide bonds. The van der Waals surface area contributed by atoms with E-state index in [0.717, 1.165) is 19.3 Å². The van der Waals surface area contributed by atoms with Crippen molar-refractivity contribution in [3.8, 4) is 0 Å². The lowest BCUT2D eigenvalue weighted by Gasteiger charge is -2.19. The number of nitrogens with one attached hydrogen (secondary N) is 4. The molecule has 4 N–H and O–H groups in total. The van der Waals surface area contributed by atoms with Crippen molar-refractivity contribution in [2.24, 2.45) is 0 Å². The maximum Gasteiger partial charge on any atom is 0.508 e. The van der Waals surface area contributed by atoms with E-state index < -0.39 is 79.9 Å². The Morgan fingerprint density at radius 2 is 1.06 bits per heavy atom. The number of rotatable bonds is 28. The molecule has 294 valence electrons.